The van der Waals surface area contributed by atoms with Crippen molar-refractivity contribution >= 4 is 11.0 Å². The van der Waals surface area contributed by atoms with Crippen molar-refractivity contribution in [3.05, 3.63) is 29.6 Å². The maximum absolute atomic E-state index is 7.00. The summed E-state index contributed by atoms with van der Waals surface area (Å²) in [5.41, 5.74) is 9.53. The van der Waals surface area contributed by atoms with Gasteiger partial charge < -0.3 is 15.8 Å². The van der Waals surface area contributed by atoms with E-state index in [4.69, 9.17) is 10.8 Å². The maximum Gasteiger partial charge on any atom is 0.124 e. The molecule has 0 saturated carbocycles. The van der Waals surface area contributed by atoms with Gasteiger partial charge in [-0.15, -0.1) is 0 Å². The van der Waals surface area contributed by atoms with Crippen molar-refractivity contribution in [3.63, 3.8) is 0 Å². The highest BCUT2D eigenvalue weighted by Gasteiger charge is 2.15. The van der Waals surface area contributed by atoms with Crippen molar-refractivity contribution < 1.29 is 5.11 Å². The van der Waals surface area contributed by atoms with Crippen molar-refractivity contribution in [2.24, 2.45) is 5.73 Å². The molecule has 4 nitrogen and oxygen atoms in total. The number of benzene rings is 1. The highest BCUT2D eigenvalue weighted by molar-refractivity contribution is 5.76. The van der Waals surface area contributed by atoms with Gasteiger partial charge in [0.2, 0.25) is 0 Å². The lowest BCUT2D eigenvalue weighted by molar-refractivity contribution is 0.399. The summed E-state index contributed by atoms with van der Waals surface area (Å²) < 4.78 is 0. The molecule has 19 heavy (non-hydrogen) atoms. The van der Waals surface area contributed by atoms with Gasteiger partial charge in [-0.25, -0.2) is 4.98 Å². The zero-order valence-corrected chi connectivity index (χ0v) is 12.5. The molecule has 0 aliphatic rings. The van der Waals surface area contributed by atoms with E-state index in [-0.39, 0.29) is 11.5 Å². The fourth-order valence-electron chi connectivity index (χ4n) is 1.86. The number of fused-ring (bicyclic) bond motifs is 1. The molecular formula is C15H25N3O. The van der Waals surface area contributed by atoms with E-state index < -0.39 is 0 Å². The number of aromatic nitrogens is 2. The van der Waals surface area contributed by atoms with Gasteiger partial charge in [-0.05, 0) is 29.5 Å². The number of rotatable bonds is 2. The van der Waals surface area contributed by atoms with E-state index in [0.29, 0.717) is 0 Å². The second-order valence-corrected chi connectivity index (χ2v) is 5.62. The fraction of sp³-hybridized carbons (Fsp3) is 0.533. The van der Waals surface area contributed by atoms with Gasteiger partial charge >= 0.3 is 0 Å². The molecule has 1 heterocycles. The Hall–Kier alpha value is -1.39. The molecule has 0 unspecified atom stereocenters. The standard InChI is InChI=1S/C14H21N3.CH4O/c1-5-10(15)13-16-11-7-6-9(14(2,3)4)8-12(11)17-13;1-2/h6-8,10H,5,15H2,1-4H3,(H,16,17);2H,1H3/t10-;/m1./s1. The number of imidazole rings is 1. The lowest BCUT2D eigenvalue weighted by Crippen LogP contribution is -2.10. The van der Waals surface area contributed by atoms with E-state index in [1.54, 1.807) is 0 Å². The van der Waals surface area contributed by atoms with Crippen LogP contribution in [0, 0.1) is 0 Å². The second-order valence-electron chi connectivity index (χ2n) is 5.62. The molecule has 0 aliphatic carbocycles. The van der Waals surface area contributed by atoms with Gasteiger partial charge in [0.15, 0.2) is 0 Å². The minimum absolute atomic E-state index is 0.000451. The number of hydrogen-bond donors (Lipinski definition) is 3. The topological polar surface area (TPSA) is 74.9 Å². The summed E-state index contributed by atoms with van der Waals surface area (Å²) in [6.07, 6.45) is 0.895. The Morgan fingerprint density at radius 3 is 2.47 bits per heavy atom. The van der Waals surface area contributed by atoms with Crippen LogP contribution < -0.4 is 5.73 Å². The number of hydrogen-bond acceptors (Lipinski definition) is 3. The second kappa shape index (κ2) is 6.17. The van der Waals surface area contributed by atoms with Gasteiger partial charge in [0, 0.05) is 7.11 Å². The molecule has 4 N–H and O–H groups in total. The number of nitrogens with zero attached hydrogens (tertiary/aromatic N) is 1. The number of H-pyrrole nitrogens is 1. The van der Waals surface area contributed by atoms with Crippen LogP contribution in [-0.2, 0) is 5.41 Å². The van der Waals surface area contributed by atoms with Crippen molar-refractivity contribution in [2.75, 3.05) is 7.11 Å². The molecule has 106 valence electrons. The molecule has 0 saturated heterocycles. The predicted molar refractivity (Wildman–Crippen MR) is 80.2 cm³/mol. The van der Waals surface area contributed by atoms with Gasteiger partial charge in [-0.3, -0.25) is 0 Å². The van der Waals surface area contributed by atoms with Gasteiger partial charge in [0.05, 0.1) is 17.1 Å². The lowest BCUT2D eigenvalue weighted by Gasteiger charge is -2.18. The van der Waals surface area contributed by atoms with Gasteiger partial charge in [0.25, 0.3) is 0 Å². The fourth-order valence-corrected chi connectivity index (χ4v) is 1.86. The van der Waals surface area contributed by atoms with Crippen LogP contribution >= 0.6 is 0 Å². The molecule has 0 fully saturated rings. The molecule has 2 rings (SSSR count). The predicted octanol–water partition coefficient (Wildman–Crippen LogP) is 2.88. The molecule has 1 aromatic carbocycles. The summed E-state index contributed by atoms with van der Waals surface area (Å²) in [6, 6.07) is 6.39. The highest BCUT2D eigenvalue weighted by atomic mass is 16.2. The van der Waals surface area contributed by atoms with Crippen LogP contribution in [0.1, 0.15) is 51.5 Å². The largest absolute Gasteiger partial charge is 0.400 e. The quantitative estimate of drug-likeness (QED) is 0.780. The first-order valence-corrected chi connectivity index (χ1v) is 6.62. The normalized spacial score (nSPS) is 13.0. The number of aliphatic hydroxyl groups excluding tert-OH is 1. The summed E-state index contributed by atoms with van der Waals surface area (Å²) >= 11 is 0. The number of nitrogens with two attached hydrogens (primary N) is 1. The Morgan fingerprint density at radius 2 is 1.95 bits per heavy atom. The van der Waals surface area contributed by atoms with Gasteiger partial charge in [-0.2, -0.15) is 0 Å². The van der Waals surface area contributed by atoms with Crippen LogP contribution in [0.15, 0.2) is 18.2 Å². The lowest BCUT2D eigenvalue weighted by atomic mass is 9.87. The van der Waals surface area contributed by atoms with Gasteiger partial charge in [-0.1, -0.05) is 33.8 Å². The Kier molecular flexibility index (Phi) is 5.09. The van der Waals surface area contributed by atoms with Crippen LogP contribution in [-0.4, -0.2) is 22.2 Å². The average molecular weight is 263 g/mol. The van der Waals surface area contributed by atoms with Crippen molar-refractivity contribution in [1.82, 2.24) is 9.97 Å². The Labute approximate surface area is 115 Å². The van der Waals surface area contributed by atoms with Crippen LogP contribution in [0.5, 0.6) is 0 Å². The third kappa shape index (κ3) is 3.55. The molecule has 0 bridgehead atoms. The highest BCUT2D eigenvalue weighted by Crippen LogP contribution is 2.26. The zero-order chi connectivity index (χ0) is 14.6. The summed E-state index contributed by atoms with van der Waals surface area (Å²) in [6.45, 7) is 8.70. The van der Waals surface area contributed by atoms with Crippen molar-refractivity contribution in [3.8, 4) is 0 Å². The molecule has 0 spiro atoms. The molecule has 2 aromatic rings. The van der Waals surface area contributed by atoms with Gasteiger partial charge in [0.1, 0.15) is 5.82 Å². The van der Waals surface area contributed by atoms with Crippen LogP contribution in [0.4, 0.5) is 0 Å². The summed E-state index contributed by atoms with van der Waals surface area (Å²) in [4.78, 5) is 7.85. The first-order valence-electron chi connectivity index (χ1n) is 6.62. The van der Waals surface area contributed by atoms with E-state index in [1.165, 1.54) is 5.56 Å². The van der Waals surface area contributed by atoms with Crippen LogP contribution in [0.25, 0.3) is 11.0 Å². The maximum atomic E-state index is 7.00. The third-order valence-corrected chi connectivity index (χ3v) is 3.16. The van der Waals surface area contributed by atoms with E-state index in [9.17, 15) is 0 Å². The summed E-state index contributed by atoms with van der Waals surface area (Å²) in [7, 11) is 1.00. The van der Waals surface area contributed by atoms with E-state index in [1.807, 2.05) is 0 Å². The first-order chi connectivity index (χ1) is 8.91. The smallest absolute Gasteiger partial charge is 0.124 e. The minimum Gasteiger partial charge on any atom is -0.400 e. The van der Waals surface area contributed by atoms with E-state index >= 15 is 0 Å². The molecule has 0 radical (unpaired) electrons. The molecule has 0 aliphatic heterocycles. The minimum atomic E-state index is 0.000451. The molecule has 1 aromatic heterocycles. The summed E-state index contributed by atoms with van der Waals surface area (Å²) in [5, 5.41) is 7.00. The van der Waals surface area contributed by atoms with E-state index in [2.05, 4.69) is 55.9 Å². The summed E-state index contributed by atoms with van der Waals surface area (Å²) in [5.74, 6) is 0.883. The van der Waals surface area contributed by atoms with Crippen molar-refractivity contribution in [2.45, 2.75) is 45.6 Å². The Bertz CT molecular complexity index is 526. The number of aliphatic hydroxyl groups is 1. The Morgan fingerprint density at radius 1 is 1.32 bits per heavy atom. The Balaban J connectivity index is 0.000000861. The molecule has 0 amide bonds. The monoisotopic (exact) mass is 263 g/mol. The van der Waals surface area contributed by atoms with E-state index in [0.717, 1.165) is 30.4 Å². The molecule has 4 heteroatoms. The first kappa shape index (κ1) is 15.7. The van der Waals surface area contributed by atoms with Crippen LogP contribution in [0.2, 0.25) is 0 Å². The number of aromatic amines is 1. The third-order valence-electron chi connectivity index (χ3n) is 3.16. The zero-order valence-electron chi connectivity index (χ0n) is 12.5. The average Bonchev–Trinajstić information content (AvgIpc) is 2.81. The van der Waals surface area contributed by atoms with Crippen molar-refractivity contribution in [1.29, 1.82) is 0 Å². The van der Waals surface area contributed by atoms with Crippen LogP contribution in [0.3, 0.4) is 0 Å². The number of nitrogens with one attached hydrogen (secondary N) is 1. The molecular weight excluding hydrogens is 238 g/mol. The molecule has 1 atom stereocenters. The SMILES string of the molecule is CC[C@@H](N)c1nc2ccc(C(C)(C)C)cc2[nH]1.CO.